The van der Waals surface area contributed by atoms with Crippen LogP contribution in [0.5, 0.6) is 0 Å². The van der Waals surface area contributed by atoms with Crippen LogP contribution in [0.3, 0.4) is 0 Å². The summed E-state index contributed by atoms with van der Waals surface area (Å²) < 4.78 is 0. The van der Waals surface area contributed by atoms with Crippen LogP contribution in [-0.2, 0) is 5.75 Å². The van der Waals surface area contributed by atoms with E-state index >= 15 is 0 Å². The largest absolute Gasteiger partial charge is 0.304 e. The van der Waals surface area contributed by atoms with Crippen LogP contribution in [0.2, 0.25) is 0 Å². The average Bonchev–Trinajstić information content (AvgIpc) is 3.10. The number of hydrogen-bond acceptors (Lipinski definition) is 6. The molecule has 3 aromatic rings. The second kappa shape index (κ2) is 7.15. The Morgan fingerprint density at radius 3 is 2.68 bits per heavy atom. The fraction of sp³-hybridized carbons (Fsp3) is 0.0667. The molecular weight excluding hydrogens is 316 g/mol. The summed E-state index contributed by atoms with van der Waals surface area (Å²) >= 11 is 2.98. The van der Waals surface area contributed by atoms with Crippen molar-refractivity contribution in [3.63, 3.8) is 0 Å². The molecule has 1 amide bonds. The lowest BCUT2D eigenvalue weighted by molar-refractivity contribution is 0.103. The summed E-state index contributed by atoms with van der Waals surface area (Å²) in [6.07, 6.45) is 3.54. The van der Waals surface area contributed by atoms with Gasteiger partial charge in [-0.15, -0.1) is 21.5 Å². The van der Waals surface area contributed by atoms with Crippen LogP contribution in [0.1, 0.15) is 15.2 Å². The Balaban J connectivity index is 1.57. The number of aromatic nitrogens is 3. The molecule has 0 atom stereocenters. The van der Waals surface area contributed by atoms with Gasteiger partial charge in [0.15, 0.2) is 5.82 Å². The number of nitrogens with zero attached hydrogens (tertiary/aromatic N) is 3. The smallest absolute Gasteiger partial charge is 0.266 e. The monoisotopic (exact) mass is 328 g/mol. The molecule has 1 N–H and O–H groups in total. The van der Waals surface area contributed by atoms with Crippen molar-refractivity contribution in [3.05, 3.63) is 64.6 Å². The lowest BCUT2D eigenvalue weighted by Crippen LogP contribution is -2.11. The number of nitrogens with one attached hydrogen (secondary N) is 1. The van der Waals surface area contributed by atoms with E-state index in [0.717, 1.165) is 10.8 Å². The van der Waals surface area contributed by atoms with Gasteiger partial charge >= 0.3 is 0 Å². The molecule has 0 unspecified atom stereocenters. The number of thioether (sulfide) groups is 1. The van der Waals surface area contributed by atoms with Crippen molar-refractivity contribution in [3.8, 4) is 0 Å². The third-order valence-corrected chi connectivity index (χ3v) is 4.62. The Kier molecular flexibility index (Phi) is 4.77. The van der Waals surface area contributed by atoms with E-state index in [1.165, 1.54) is 16.9 Å². The van der Waals surface area contributed by atoms with Gasteiger partial charge < -0.3 is 5.32 Å². The number of anilines is 1. The maximum Gasteiger partial charge on any atom is 0.266 e. The Morgan fingerprint density at radius 1 is 1.14 bits per heavy atom. The molecule has 0 fully saturated rings. The first-order valence-corrected chi connectivity index (χ1v) is 8.38. The number of rotatable bonds is 5. The Morgan fingerprint density at radius 2 is 2.00 bits per heavy atom. The Labute approximate surface area is 135 Å². The summed E-state index contributed by atoms with van der Waals surface area (Å²) in [6, 6.07) is 11.2. The van der Waals surface area contributed by atoms with Crippen molar-refractivity contribution < 1.29 is 4.79 Å². The van der Waals surface area contributed by atoms with Gasteiger partial charge in [0.1, 0.15) is 5.03 Å². The first kappa shape index (κ1) is 14.7. The van der Waals surface area contributed by atoms with E-state index in [9.17, 15) is 4.79 Å². The average molecular weight is 328 g/mol. The van der Waals surface area contributed by atoms with Gasteiger partial charge in [-0.1, -0.05) is 17.8 Å². The standard InChI is InChI=1S/C15H12N4OS2/c20-15(12-2-1-9-21-12)17-13-3-4-14(19-18-13)22-10-11-5-7-16-8-6-11/h1-9H,10H2,(H,17,18,20). The van der Waals surface area contributed by atoms with Gasteiger partial charge in [-0.25, -0.2) is 0 Å². The van der Waals surface area contributed by atoms with Gasteiger partial charge in [-0.2, -0.15) is 0 Å². The highest BCUT2D eigenvalue weighted by atomic mass is 32.2. The molecule has 7 heteroatoms. The van der Waals surface area contributed by atoms with E-state index in [4.69, 9.17) is 0 Å². The van der Waals surface area contributed by atoms with E-state index in [1.807, 2.05) is 29.6 Å². The number of thiophene rings is 1. The summed E-state index contributed by atoms with van der Waals surface area (Å²) in [5.74, 6) is 1.09. The van der Waals surface area contributed by atoms with Crippen LogP contribution in [-0.4, -0.2) is 21.1 Å². The zero-order valence-electron chi connectivity index (χ0n) is 11.5. The lowest BCUT2D eigenvalue weighted by Gasteiger charge is -2.03. The van der Waals surface area contributed by atoms with Crippen LogP contribution in [0.25, 0.3) is 0 Å². The van der Waals surface area contributed by atoms with E-state index in [-0.39, 0.29) is 5.91 Å². The second-order valence-electron chi connectivity index (χ2n) is 4.33. The normalized spacial score (nSPS) is 10.4. The zero-order chi connectivity index (χ0) is 15.2. The highest BCUT2D eigenvalue weighted by Crippen LogP contribution is 2.20. The first-order valence-electron chi connectivity index (χ1n) is 6.51. The third-order valence-electron chi connectivity index (χ3n) is 2.76. The minimum absolute atomic E-state index is 0.165. The van der Waals surface area contributed by atoms with E-state index in [0.29, 0.717) is 10.7 Å². The quantitative estimate of drug-likeness (QED) is 0.726. The number of carbonyl (C=O) groups is 1. The topological polar surface area (TPSA) is 67.8 Å². The van der Waals surface area contributed by atoms with Gasteiger partial charge in [-0.3, -0.25) is 9.78 Å². The Bertz CT molecular complexity index is 730. The molecule has 5 nitrogen and oxygen atoms in total. The molecular formula is C15H12N4OS2. The highest BCUT2D eigenvalue weighted by Gasteiger charge is 2.08. The van der Waals surface area contributed by atoms with Crippen LogP contribution >= 0.6 is 23.1 Å². The van der Waals surface area contributed by atoms with Crippen molar-refractivity contribution in [2.24, 2.45) is 0 Å². The fourth-order valence-corrected chi connectivity index (χ4v) is 3.07. The molecule has 0 radical (unpaired) electrons. The van der Waals surface area contributed by atoms with E-state index in [1.54, 1.807) is 36.3 Å². The summed E-state index contributed by atoms with van der Waals surface area (Å²) in [7, 11) is 0. The molecule has 0 bridgehead atoms. The summed E-state index contributed by atoms with van der Waals surface area (Å²) in [4.78, 5) is 16.5. The molecule has 0 saturated heterocycles. The van der Waals surface area contributed by atoms with Crippen LogP contribution < -0.4 is 5.32 Å². The predicted molar refractivity (Wildman–Crippen MR) is 88.1 cm³/mol. The number of amides is 1. The van der Waals surface area contributed by atoms with Gasteiger partial charge in [0.2, 0.25) is 0 Å². The maximum absolute atomic E-state index is 11.9. The van der Waals surface area contributed by atoms with Crippen molar-refractivity contribution in [2.45, 2.75) is 10.8 Å². The minimum Gasteiger partial charge on any atom is -0.304 e. The molecule has 0 aliphatic carbocycles. The summed E-state index contributed by atoms with van der Waals surface area (Å²) in [5, 5.41) is 13.5. The SMILES string of the molecule is O=C(Nc1ccc(SCc2ccncc2)nn1)c1cccs1. The molecule has 110 valence electrons. The zero-order valence-corrected chi connectivity index (χ0v) is 13.1. The molecule has 0 aliphatic rings. The van der Waals surface area contributed by atoms with Crippen LogP contribution in [0.15, 0.2) is 59.2 Å². The van der Waals surface area contributed by atoms with Crippen molar-refractivity contribution in [2.75, 3.05) is 5.32 Å². The molecule has 0 aromatic carbocycles. The Hall–Kier alpha value is -2.25. The summed E-state index contributed by atoms with van der Waals surface area (Å²) in [6.45, 7) is 0. The minimum atomic E-state index is -0.165. The predicted octanol–water partition coefficient (Wildman–Crippen LogP) is 3.48. The van der Waals surface area contributed by atoms with Gasteiger partial charge in [0, 0.05) is 18.1 Å². The molecule has 0 spiro atoms. The third kappa shape index (κ3) is 3.90. The van der Waals surface area contributed by atoms with Gasteiger partial charge in [-0.05, 0) is 41.3 Å². The molecule has 22 heavy (non-hydrogen) atoms. The lowest BCUT2D eigenvalue weighted by atomic mass is 10.3. The van der Waals surface area contributed by atoms with E-state index in [2.05, 4.69) is 20.5 Å². The highest BCUT2D eigenvalue weighted by molar-refractivity contribution is 7.98. The van der Waals surface area contributed by atoms with Crippen molar-refractivity contribution >= 4 is 34.8 Å². The van der Waals surface area contributed by atoms with Crippen molar-refractivity contribution in [1.29, 1.82) is 0 Å². The summed E-state index contributed by atoms with van der Waals surface area (Å²) in [5.41, 5.74) is 1.18. The first-order chi connectivity index (χ1) is 10.8. The van der Waals surface area contributed by atoms with Crippen LogP contribution in [0, 0.1) is 0 Å². The number of pyridine rings is 1. The van der Waals surface area contributed by atoms with Gasteiger partial charge in [0.25, 0.3) is 5.91 Å². The molecule has 0 aliphatic heterocycles. The van der Waals surface area contributed by atoms with Crippen LogP contribution in [0.4, 0.5) is 5.82 Å². The second-order valence-corrected chi connectivity index (χ2v) is 6.28. The maximum atomic E-state index is 11.9. The molecule has 3 aromatic heterocycles. The van der Waals surface area contributed by atoms with E-state index < -0.39 is 0 Å². The fourth-order valence-electron chi connectivity index (χ4n) is 1.69. The molecule has 3 rings (SSSR count). The van der Waals surface area contributed by atoms with Crippen molar-refractivity contribution in [1.82, 2.24) is 15.2 Å². The van der Waals surface area contributed by atoms with Gasteiger partial charge in [0.05, 0.1) is 4.88 Å². The number of carbonyl (C=O) groups excluding carboxylic acids is 1. The molecule has 3 heterocycles. The molecule has 0 saturated carbocycles. The number of hydrogen-bond donors (Lipinski definition) is 1.